The highest BCUT2D eigenvalue weighted by Crippen LogP contribution is 2.27. The van der Waals surface area contributed by atoms with Crippen molar-refractivity contribution in [3.8, 4) is 0 Å². The maximum absolute atomic E-state index is 12.3. The minimum absolute atomic E-state index is 0.0826. The number of thiophene rings is 1. The summed E-state index contributed by atoms with van der Waals surface area (Å²) in [6.07, 6.45) is 0.622. The predicted molar refractivity (Wildman–Crippen MR) is 85.1 cm³/mol. The van der Waals surface area contributed by atoms with Gasteiger partial charge >= 0.3 is 0 Å². The van der Waals surface area contributed by atoms with E-state index in [1.165, 1.54) is 0 Å². The third-order valence-corrected chi connectivity index (χ3v) is 5.78. The summed E-state index contributed by atoms with van der Waals surface area (Å²) in [5.41, 5.74) is 1.84. The Balaban J connectivity index is 2.29. The fourth-order valence-electron chi connectivity index (χ4n) is 2.07. The molecule has 20 heavy (non-hydrogen) atoms. The summed E-state index contributed by atoms with van der Waals surface area (Å²) < 4.78 is 24.6. The third kappa shape index (κ3) is 3.41. The Labute approximate surface area is 124 Å². The smallest absolute Gasteiger partial charge is 0.180 e. The van der Waals surface area contributed by atoms with Crippen molar-refractivity contribution >= 4 is 26.9 Å². The van der Waals surface area contributed by atoms with Crippen LogP contribution in [0.4, 0.5) is 5.69 Å². The maximum atomic E-state index is 12.3. The lowest BCUT2D eigenvalue weighted by Gasteiger charge is -2.17. The van der Waals surface area contributed by atoms with Gasteiger partial charge in [-0.25, -0.2) is 8.42 Å². The van der Waals surface area contributed by atoms with Crippen molar-refractivity contribution in [3.63, 3.8) is 0 Å². The molecule has 1 atom stereocenters. The number of anilines is 1. The van der Waals surface area contributed by atoms with E-state index >= 15 is 0 Å². The van der Waals surface area contributed by atoms with Gasteiger partial charge in [0.05, 0.1) is 16.3 Å². The van der Waals surface area contributed by atoms with Crippen LogP contribution in [0.3, 0.4) is 0 Å². The van der Waals surface area contributed by atoms with E-state index in [0.717, 1.165) is 5.56 Å². The first-order valence-corrected chi connectivity index (χ1v) is 9.24. The zero-order valence-electron chi connectivity index (χ0n) is 11.7. The average Bonchev–Trinajstić information content (AvgIpc) is 2.93. The summed E-state index contributed by atoms with van der Waals surface area (Å²) in [4.78, 5) is 0.393. The van der Waals surface area contributed by atoms with Crippen LogP contribution in [0.25, 0.3) is 0 Å². The molecule has 1 heterocycles. The molecule has 2 aromatic rings. The molecule has 1 aromatic heterocycles. The number of para-hydroxylation sites is 1. The normalized spacial score (nSPS) is 13.1. The van der Waals surface area contributed by atoms with Gasteiger partial charge in [-0.2, -0.15) is 11.3 Å². The lowest BCUT2D eigenvalue weighted by molar-refractivity contribution is 0.595. The van der Waals surface area contributed by atoms with Crippen LogP contribution in [-0.4, -0.2) is 14.2 Å². The van der Waals surface area contributed by atoms with Gasteiger partial charge in [-0.1, -0.05) is 19.1 Å². The zero-order valence-corrected chi connectivity index (χ0v) is 13.3. The summed E-state index contributed by atoms with van der Waals surface area (Å²) in [6, 6.07) is 9.25. The first-order chi connectivity index (χ1) is 9.54. The lowest BCUT2D eigenvalue weighted by atomic mass is 10.1. The van der Waals surface area contributed by atoms with Gasteiger partial charge in [0.1, 0.15) is 0 Å². The number of nitrogens with one attached hydrogen (secondary N) is 1. The van der Waals surface area contributed by atoms with Crippen molar-refractivity contribution in [1.82, 2.24) is 0 Å². The topological polar surface area (TPSA) is 46.2 Å². The molecule has 0 aliphatic rings. The number of hydrogen-bond acceptors (Lipinski definition) is 4. The van der Waals surface area contributed by atoms with Crippen LogP contribution < -0.4 is 5.32 Å². The molecule has 0 radical (unpaired) electrons. The van der Waals surface area contributed by atoms with E-state index in [-0.39, 0.29) is 11.8 Å². The molecule has 0 spiro atoms. The van der Waals surface area contributed by atoms with Crippen LogP contribution in [0.1, 0.15) is 31.9 Å². The highest BCUT2D eigenvalue weighted by atomic mass is 32.2. The van der Waals surface area contributed by atoms with Gasteiger partial charge in [-0.05, 0) is 47.9 Å². The number of rotatable bonds is 6. The van der Waals surface area contributed by atoms with Crippen LogP contribution in [0.2, 0.25) is 0 Å². The van der Waals surface area contributed by atoms with E-state index < -0.39 is 9.84 Å². The minimum Gasteiger partial charge on any atom is -0.377 e. The van der Waals surface area contributed by atoms with E-state index in [9.17, 15) is 8.42 Å². The second kappa shape index (κ2) is 6.41. The molecule has 0 saturated carbocycles. The minimum atomic E-state index is -3.22. The van der Waals surface area contributed by atoms with Crippen molar-refractivity contribution < 1.29 is 8.42 Å². The molecular weight excluding hydrogens is 290 g/mol. The average molecular weight is 309 g/mol. The lowest BCUT2D eigenvalue weighted by Crippen LogP contribution is -2.12. The van der Waals surface area contributed by atoms with Crippen molar-refractivity contribution in [3.05, 3.63) is 46.7 Å². The molecular formula is C15H19NO2S2. The Kier molecular flexibility index (Phi) is 4.83. The van der Waals surface area contributed by atoms with Crippen molar-refractivity contribution in [2.75, 3.05) is 11.1 Å². The van der Waals surface area contributed by atoms with E-state index in [1.807, 2.05) is 37.4 Å². The molecule has 108 valence electrons. The van der Waals surface area contributed by atoms with Crippen LogP contribution in [-0.2, 0) is 9.84 Å². The van der Waals surface area contributed by atoms with Gasteiger partial charge in [-0.3, -0.25) is 0 Å². The van der Waals surface area contributed by atoms with Crippen LogP contribution >= 0.6 is 11.3 Å². The SMILES string of the molecule is CCCS(=O)(=O)c1ccccc1NC(C)c1ccsc1. The second-order valence-corrected chi connectivity index (χ2v) is 7.60. The highest BCUT2D eigenvalue weighted by molar-refractivity contribution is 7.91. The summed E-state index contributed by atoms with van der Waals surface area (Å²) >= 11 is 1.64. The van der Waals surface area contributed by atoms with Gasteiger partial charge in [0.2, 0.25) is 0 Å². The maximum Gasteiger partial charge on any atom is 0.180 e. The van der Waals surface area contributed by atoms with E-state index in [0.29, 0.717) is 17.0 Å². The van der Waals surface area contributed by atoms with Gasteiger partial charge in [0.25, 0.3) is 0 Å². The fraction of sp³-hybridized carbons (Fsp3) is 0.333. The summed E-state index contributed by atoms with van der Waals surface area (Å²) in [7, 11) is -3.22. The largest absolute Gasteiger partial charge is 0.377 e. The predicted octanol–water partition coefficient (Wildman–Crippen LogP) is 4.10. The Morgan fingerprint density at radius 1 is 1.25 bits per heavy atom. The summed E-state index contributed by atoms with van der Waals surface area (Å²) in [5.74, 6) is 0.179. The molecule has 0 aliphatic carbocycles. The summed E-state index contributed by atoms with van der Waals surface area (Å²) in [5, 5.41) is 7.40. The highest BCUT2D eigenvalue weighted by Gasteiger charge is 2.18. The molecule has 3 nitrogen and oxygen atoms in total. The second-order valence-electron chi connectivity index (χ2n) is 4.74. The molecule has 0 aliphatic heterocycles. The van der Waals surface area contributed by atoms with Crippen molar-refractivity contribution in [2.45, 2.75) is 31.2 Å². The first kappa shape index (κ1) is 15.1. The Morgan fingerprint density at radius 3 is 2.65 bits per heavy atom. The van der Waals surface area contributed by atoms with Gasteiger partial charge in [-0.15, -0.1) is 0 Å². The quantitative estimate of drug-likeness (QED) is 0.873. The Hall–Kier alpha value is -1.33. The zero-order chi connectivity index (χ0) is 14.6. The van der Waals surface area contributed by atoms with Gasteiger partial charge < -0.3 is 5.32 Å². The van der Waals surface area contributed by atoms with Gasteiger partial charge in [0, 0.05) is 6.04 Å². The Morgan fingerprint density at radius 2 is 2.00 bits per heavy atom. The van der Waals surface area contributed by atoms with Crippen molar-refractivity contribution in [1.29, 1.82) is 0 Å². The van der Waals surface area contributed by atoms with Crippen LogP contribution in [0.5, 0.6) is 0 Å². The Bertz CT molecular complexity index is 648. The number of sulfone groups is 1. The molecule has 0 amide bonds. The fourth-order valence-corrected chi connectivity index (χ4v) is 4.33. The third-order valence-electron chi connectivity index (χ3n) is 3.11. The molecule has 1 unspecified atom stereocenters. The standard InChI is InChI=1S/C15H19NO2S2/c1-3-10-20(17,18)15-7-5-4-6-14(15)16-12(2)13-8-9-19-11-13/h4-9,11-12,16H,3,10H2,1-2H3. The van der Waals surface area contributed by atoms with E-state index in [4.69, 9.17) is 0 Å². The monoisotopic (exact) mass is 309 g/mol. The van der Waals surface area contributed by atoms with E-state index in [2.05, 4.69) is 10.7 Å². The summed E-state index contributed by atoms with van der Waals surface area (Å²) in [6.45, 7) is 3.91. The molecule has 0 fully saturated rings. The van der Waals surface area contributed by atoms with Crippen LogP contribution in [0.15, 0.2) is 46.0 Å². The number of benzene rings is 1. The van der Waals surface area contributed by atoms with Crippen LogP contribution in [0, 0.1) is 0 Å². The van der Waals surface area contributed by atoms with Crippen molar-refractivity contribution in [2.24, 2.45) is 0 Å². The molecule has 2 rings (SSSR count). The molecule has 0 bridgehead atoms. The first-order valence-electron chi connectivity index (χ1n) is 6.65. The molecule has 5 heteroatoms. The molecule has 1 N–H and O–H groups in total. The number of hydrogen-bond donors (Lipinski definition) is 1. The van der Waals surface area contributed by atoms with Gasteiger partial charge in [0.15, 0.2) is 9.84 Å². The molecule has 1 aromatic carbocycles. The molecule has 0 saturated heterocycles. The van der Waals surface area contributed by atoms with E-state index in [1.54, 1.807) is 23.5 Å².